The second kappa shape index (κ2) is 9.21. The van der Waals surface area contributed by atoms with E-state index in [0.29, 0.717) is 36.7 Å². The minimum Gasteiger partial charge on any atom is -0.415 e. The first kappa shape index (κ1) is 20.3. The van der Waals surface area contributed by atoms with Gasteiger partial charge in [0.15, 0.2) is 0 Å². The van der Waals surface area contributed by atoms with E-state index in [2.05, 4.69) is 25.5 Å². The van der Waals surface area contributed by atoms with Gasteiger partial charge in [-0.2, -0.15) is 8.78 Å². The highest BCUT2D eigenvalue weighted by atomic mass is 19.3. The van der Waals surface area contributed by atoms with Crippen molar-refractivity contribution in [1.29, 1.82) is 0 Å². The third-order valence-electron chi connectivity index (χ3n) is 5.02. The molecule has 1 aliphatic heterocycles. The van der Waals surface area contributed by atoms with Gasteiger partial charge in [-0.15, -0.1) is 10.2 Å². The molecule has 1 unspecified atom stereocenters. The summed E-state index contributed by atoms with van der Waals surface area (Å²) in [4.78, 5) is 8.43. The molecule has 1 saturated heterocycles. The van der Waals surface area contributed by atoms with Crippen LogP contribution in [0.3, 0.4) is 0 Å². The van der Waals surface area contributed by atoms with Crippen molar-refractivity contribution >= 4 is 5.95 Å². The van der Waals surface area contributed by atoms with E-state index < -0.39 is 12.3 Å². The fourth-order valence-electron chi connectivity index (χ4n) is 3.45. The van der Waals surface area contributed by atoms with Gasteiger partial charge in [-0.3, -0.25) is 0 Å². The molecule has 3 heterocycles. The molecular weight excluding hydrogens is 399 g/mol. The number of nitrogens with one attached hydrogen (secondary N) is 1. The number of alkyl halides is 2. The molecule has 30 heavy (non-hydrogen) atoms. The quantitative estimate of drug-likeness (QED) is 0.600. The predicted octanol–water partition coefficient (Wildman–Crippen LogP) is 4.57. The summed E-state index contributed by atoms with van der Waals surface area (Å²) in [5.74, 6) is -0.481. The standard InChI is InChI=1S/C20H20F3N5O2/c21-15-4-2-1-3-14(15)16(9-12-5-7-29-8-6-12)26-20-24-10-13(11-25-20)18-27-28-19(30-18)17(22)23/h1-4,10-12,16-17H,5-9H2,(H,24,25,26). The van der Waals surface area contributed by atoms with Crippen LogP contribution in [0.5, 0.6) is 0 Å². The van der Waals surface area contributed by atoms with Gasteiger partial charge in [0.05, 0.1) is 11.6 Å². The molecular formula is C20H20F3N5O2. The molecule has 0 aliphatic carbocycles. The van der Waals surface area contributed by atoms with Gasteiger partial charge in [-0.05, 0) is 31.2 Å². The van der Waals surface area contributed by atoms with Gasteiger partial charge in [-0.1, -0.05) is 18.2 Å². The van der Waals surface area contributed by atoms with Crippen molar-refractivity contribution in [2.45, 2.75) is 31.7 Å². The maximum absolute atomic E-state index is 14.5. The minimum atomic E-state index is -2.85. The molecule has 4 rings (SSSR count). The second-order valence-corrected chi connectivity index (χ2v) is 7.05. The van der Waals surface area contributed by atoms with Crippen molar-refractivity contribution in [3.8, 4) is 11.5 Å². The number of rotatable bonds is 7. The fourth-order valence-corrected chi connectivity index (χ4v) is 3.45. The van der Waals surface area contributed by atoms with Crippen LogP contribution in [0.25, 0.3) is 11.5 Å². The van der Waals surface area contributed by atoms with Crippen molar-refractivity contribution in [2.75, 3.05) is 18.5 Å². The first-order chi connectivity index (χ1) is 14.6. The highest BCUT2D eigenvalue weighted by Crippen LogP contribution is 2.31. The third-order valence-corrected chi connectivity index (χ3v) is 5.02. The SMILES string of the molecule is Fc1ccccc1C(CC1CCOCC1)Nc1ncc(-c2nnc(C(F)F)o2)cn1. The Bertz CT molecular complexity index is 961. The summed E-state index contributed by atoms with van der Waals surface area (Å²) in [5, 5.41) is 10.1. The van der Waals surface area contributed by atoms with Gasteiger partial charge in [0.1, 0.15) is 5.82 Å². The van der Waals surface area contributed by atoms with E-state index in [1.54, 1.807) is 18.2 Å². The zero-order valence-corrected chi connectivity index (χ0v) is 16.0. The molecule has 1 aromatic carbocycles. The van der Waals surface area contributed by atoms with Crippen LogP contribution >= 0.6 is 0 Å². The largest absolute Gasteiger partial charge is 0.415 e. The Balaban J connectivity index is 1.52. The molecule has 158 valence electrons. The number of ether oxygens (including phenoxy) is 1. The molecule has 0 radical (unpaired) electrons. The van der Waals surface area contributed by atoms with E-state index in [4.69, 9.17) is 9.15 Å². The van der Waals surface area contributed by atoms with E-state index >= 15 is 0 Å². The van der Waals surface area contributed by atoms with Crippen LogP contribution in [0.2, 0.25) is 0 Å². The highest BCUT2D eigenvalue weighted by molar-refractivity contribution is 5.50. The summed E-state index contributed by atoms with van der Waals surface area (Å²) >= 11 is 0. The van der Waals surface area contributed by atoms with Crippen LogP contribution in [0.4, 0.5) is 19.1 Å². The average Bonchev–Trinajstić information content (AvgIpc) is 3.26. The van der Waals surface area contributed by atoms with Crippen LogP contribution in [-0.2, 0) is 4.74 Å². The van der Waals surface area contributed by atoms with Crippen LogP contribution in [0, 0.1) is 11.7 Å². The number of hydrogen-bond donors (Lipinski definition) is 1. The van der Waals surface area contributed by atoms with E-state index in [-0.39, 0.29) is 23.7 Å². The Morgan fingerprint density at radius 1 is 1.07 bits per heavy atom. The van der Waals surface area contributed by atoms with E-state index in [1.807, 2.05) is 0 Å². The van der Waals surface area contributed by atoms with E-state index in [9.17, 15) is 13.2 Å². The molecule has 3 aromatic rings. The Labute approximate surface area is 170 Å². The molecule has 2 aromatic heterocycles. The smallest absolute Gasteiger partial charge is 0.314 e. The van der Waals surface area contributed by atoms with Crippen molar-refractivity contribution < 1.29 is 22.3 Å². The van der Waals surface area contributed by atoms with Crippen LogP contribution in [0.1, 0.15) is 43.2 Å². The average molecular weight is 419 g/mol. The van der Waals surface area contributed by atoms with Gasteiger partial charge in [-0.25, -0.2) is 14.4 Å². The van der Waals surface area contributed by atoms with Crippen LogP contribution in [-0.4, -0.2) is 33.4 Å². The van der Waals surface area contributed by atoms with Gasteiger partial charge < -0.3 is 14.5 Å². The molecule has 1 atom stereocenters. The monoisotopic (exact) mass is 419 g/mol. The zero-order chi connectivity index (χ0) is 20.9. The summed E-state index contributed by atoms with van der Waals surface area (Å²) in [6.45, 7) is 1.40. The third kappa shape index (κ3) is 4.76. The first-order valence-electron chi connectivity index (χ1n) is 9.63. The summed E-state index contributed by atoms with van der Waals surface area (Å²) in [5.41, 5.74) is 0.849. The Morgan fingerprint density at radius 2 is 1.80 bits per heavy atom. The number of hydrogen-bond acceptors (Lipinski definition) is 7. The van der Waals surface area contributed by atoms with Gasteiger partial charge in [0.2, 0.25) is 5.95 Å². The number of anilines is 1. The number of aromatic nitrogens is 4. The maximum Gasteiger partial charge on any atom is 0.314 e. The number of halogens is 3. The highest BCUT2D eigenvalue weighted by Gasteiger charge is 2.23. The van der Waals surface area contributed by atoms with E-state index in [0.717, 1.165) is 12.8 Å². The molecule has 1 fully saturated rings. The number of benzene rings is 1. The Morgan fingerprint density at radius 3 is 2.47 bits per heavy atom. The van der Waals surface area contributed by atoms with Crippen molar-refractivity contribution in [3.05, 3.63) is 53.9 Å². The zero-order valence-electron chi connectivity index (χ0n) is 16.0. The second-order valence-electron chi connectivity index (χ2n) is 7.05. The molecule has 0 spiro atoms. The Hall–Kier alpha value is -3.01. The minimum absolute atomic E-state index is 0.0929. The van der Waals surface area contributed by atoms with Crippen molar-refractivity contribution in [2.24, 2.45) is 5.92 Å². The lowest BCUT2D eigenvalue weighted by molar-refractivity contribution is 0.0623. The van der Waals surface area contributed by atoms with Crippen molar-refractivity contribution in [1.82, 2.24) is 20.2 Å². The molecule has 0 bridgehead atoms. The molecule has 10 heteroatoms. The molecule has 7 nitrogen and oxygen atoms in total. The normalized spacial score (nSPS) is 16.0. The number of nitrogens with zero attached hydrogens (tertiary/aromatic N) is 4. The summed E-state index contributed by atoms with van der Waals surface area (Å²) in [6, 6.07) is 6.28. The molecule has 1 N–H and O–H groups in total. The summed E-state index contributed by atoms with van der Waals surface area (Å²) < 4.78 is 50.0. The predicted molar refractivity (Wildman–Crippen MR) is 101 cm³/mol. The first-order valence-corrected chi connectivity index (χ1v) is 9.63. The summed E-state index contributed by atoms with van der Waals surface area (Å²) in [7, 11) is 0. The van der Waals surface area contributed by atoms with Crippen molar-refractivity contribution in [3.63, 3.8) is 0 Å². The fraction of sp³-hybridized carbons (Fsp3) is 0.400. The van der Waals surface area contributed by atoms with Crippen LogP contribution in [0.15, 0.2) is 41.1 Å². The van der Waals surface area contributed by atoms with Gasteiger partial charge in [0.25, 0.3) is 11.8 Å². The lowest BCUT2D eigenvalue weighted by Gasteiger charge is -2.27. The van der Waals surface area contributed by atoms with E-state index in [1.165, 1.54) is 18.5 Å². The lowest BCUT2D eigenvalue weighted by Crippen LogP contribution is -2.22. The maximum atomic E-state index is 14.5. The molecule has 0 saturated carbocycles. The topological polar surface area (TPSA) is 86.0 Å². The Kier molecular flexibility index (Phi) is 6.22. The van der Waals surface area contributed by atoms with Gasteiger partial charge in [0, 0.05) is 31.2 Å². The molecule has 0 amide bonds. The van der Waals surface area contributed by atoms with Crippen LogP contribution < -0.4 is 5.32 Å². The lowest BCUT2D eigenvalue weighted by atomic mass is 9.89. The summed E-state index contributed by atoms with van der Waals surface area (Å²) in [6.07, 6.45) is 2.47. The molecule has 1 aliphatic rings. The van der Waals surface area contributed by atoms with Gasteiger partial charge >= 0.3 is 6.43 Å².